The average Bonchev–Trinajstić information content (AvgIpc) is 3.74. The maximum atomic E-state index is 12.3. The van der Waals surface area contributed by atoms with E-state index in [-0.39, 0.29) is 24.8 Å². The molecule has 5 rings (SSSR count). The molecule has 48 heavy (non-hydrogen) atoms. The molecule has 0 radical (unpaired) electrons. The smallest absolute Gasteiger partial charge is 0.305 e. The molecule has 0 saturated carbocycles. The van der Waals surface area contributed by atoms with E-state index in [9.17, 15) is 9.59 Å². The van der Waals surface area contributed by atoms with Gasteiger partial charge in [0.15, 0.2) is 0 Å². The SMILES string of the molecule is CCC1=C(C)c2nc1cc1[nH]c(cc3[nH]c(cc4nc(c2CN(C)C)C(CC)=C4C)c(C)c3CCC(=O)OC)c(CCC(=O)OC)c1C. The third kappa shape index (κ3) is 6.61. The first-order valence-corrected chi connectivity index (χ1v) is 16.9. The Morgan fingerprint density at radius 3 is 1.65 bits per heavy atom. The molecule has 0 unspecified atom stereocenters. The molecule has 0 aliphatic carbocycles. The van der Waals surface area contributed by atoms with Crippen molar-refractivity contribution in [3.8, 4) is 0 Å². The zero-order chi connectivity index (χ0) is 34.9. The maximum absolute atomic E-state index is 12.3. The van der Waals surface area contributed by atoms with Gasteiger partial charge in [-0.25, -0.2) is 9.97 Å². The lowest BCUT2D eigenvalue weighted by Crippen LogP contribution is -2.14. The van der Waals surface area contributed by atoms with Crippen LogP contribution in [-0.4, -0.2) is 65.1 Å². The van der Waals surface area contributed by atoms with E-state index in [1.807, 2.05) is 0 Å². The number of ether oxygens (including phenoxy) is 2. The second kappa shape index (κ2) is 14.3. The molecule has 0 spiro atoms. The molecule has 0 amide bonds. The van der Waals surface area contributed by atoms with E-state index >= 15 is 0 Å². The summed E-state index contributed by atoms with van der Waals surface area (Å²) in [6.45, 7) is 13.6. The van der Waals surface area contributed by atoms with Crippen LogP contribution < -0.4 is 0 Å². The van der Waals surface area contributed by atoms with E-state index in [1.54, 1.807) is 0 Å². The first kappa shape index (κ1) is 34.8. The molecule has 9 heteroatoms. The van der Waals surface area contributed by atoms with Gasteiger partial charge in [-0.15, -0.1) is 0 Å². The fourth-order valence-corrected chi connectivity index (χ4v) is 7.08. The lowest BCUT2D eigenvalue weighted by atomic mass is 9.96. The Morgan fingerprint density at radius 1 is 0.667 bits per heavy atom. The van der Waals surface area contributed by atoms with Crippen LogP contribution >= 0.6 is 0 Å². The number of aromatic nitrogens is 4. The molecule has 3 aromatic heterocycles. The van der Waals surface area contributed by atoms with Gasteiger partial charge in [-0.2, -0.15) is 0 Å². The number of allylic oxidation sites excluding steroid dienone is 4. The Morgan fingerprint density at radius 2 is 1.17 bits per heavy atom. The Labute approximate surface area is 283 Å². The number of hydrogen-bond acceptors (Lipinski definition) is 7. The van der Waals surface area contributed by atoms with Crippen LogP contribution in [0.3, 0.4) is 0 Å². The lowest BCUT2D eigenvalue weighted by Gasteiger charge is -2.15. The molecule has 2 aliphatic rings. The molecule has 9 nitrogen and oxygen atoms in total. The number of carbonyl (C=O) groups excluding carboxylic acids is 2. The highest BCUT2D eigenvalue weighted by atomic mass is 16.5. The van der Waals surface area contributed by atoms with Crippen molar-refractivity contribution < 1.29 is 19.1 Å². The van der Waals surface area contributed by atoms with E-state index in [2.05, 4.69) is 88.7 Å². The molecule has 2 aliphatic heterocycles. The van der Waals surface area contributed by atoms with Crippen molar-refractivity contribution in [2.24, 2.45) is 0 Å². The highest BCUT2D eigenvalue weighted by Crippen LogP contribution is 2.40. The third-order valence-corrected chi connectivity index (χ3v) is 9.82. The molecular formula is C39H49N5O4. The number of aromatic amines is 2. The van der Waals surface area contributed by atoms with E-state index in [4.69, 9.17) is 19.4 Å². The van der Waals surface area contributed by atoms with Gasteiger partial charge in [0.1, 0.15) is 0 Å². The summed E-state index contributed by atoms with van der Waals surface area (Å²) in [5.41, 5.74) is 17.7. The number of hydrogen-bond donors (Lipinski definition) is 2. The topological polar surface area (TPSA) is 113 Å². The fraction of sp³-hybridized carbons (Fsp3) is 0.436. The fourth-order valence-electron chi connectivity index (χ4n) is 7.08. The summed E-state index contributed by atoms with van der Waals surface area (Å²) in [5, 5.41) is 0. The summed E-state index contributed by atoms with van der Waals surface area (Å²) in [7, 11) is 7.01. The van der Waals surface area contributed by atoms with Crippen molar-refractivity contribution in [2.75, 3.05) is 28.3 Å². The van der Waals surface area contributed by atoms with Crippen molar-refractivity contribution in [1.29, 1.82) is 0 Å². The van der Waals surface area contributed by atoms with Crippen molar-refractivity contribution in [1.82, 2.24) is 24.8 Å². The average molecular weight is 652 g/mol. The minimum Gasteiger partial charge on any atom is -0.469 e. The highest BCUT2D eigenvalue weighted by molar-refractivity contribution is 5.97. The lowest BCUT2D eigenvalue weighted by molar-refractivity contribution is -0.141. The number of carbonyl (C=O) groups is 2. The number of methoxy groups -OCH3 is 2. The van der Waals surface area contributed by atoms with Crippen LogP contribution in [0.1, 0.15) is 104 Å². The molecule has 254 valence electrons. The predicted octanol–water partition coefficient (Wildman–Crippen LogP) is 7.89. The summed E-state index contributed by atoms with van der Waals surface area (Å²) < 4.78 is 10.00. The van der Waals surface area contributed by atoms with Gasteiger partial charge in [0.25, 0.3) is 0 Å². The van der Waals surface area contributed by atoms with Crippen LogP contribution in [0.2, 0.25) is 0 Å². The van der Waals surface area contributed by atoms with Gasteiger partial charge in [0, 0.05) is 47.0 Å². The van der Waals surface area contributed by atoms with Crippen molar-refractivity contribution in [3.63, 3.8) is 0 Å². The van der Waals surface area contributed by atoms with Gasteiger partial charge >= 0.3 is 11.9 Å². The van der Waals surface area contributed by atoms with Crippen molar-refractivity contribution >= 4 is 56.3 Å². The maximum Gasteiger partial charge on any atom is 0.305 e. The predicted molar refractivity (Wildman–Crippen MR) is 194 cm³/mol. The standard InChI is InChI=1S/C39H49N5O4/c1-11-25-24(6)38-29(20-44(7)8)39-26(12-2)21(3)32(42-39)17-30-22(4)27(13-15-36(45)47-9)34(40-30)19-35-28(14-16-37(46)48-10)23(5)31(41-35)18-33(25)43-38/h17-19,40-41H,11-16,20H2,1-10H3. The first-order chi connectivity index (χ1) is 22.9. The van der Waals surface area contributed by atoms with Crippen LogP contribution in [0.15, 0.2) is 18.2 Å². The van der Waals surface area contributed by atoms with Crippen LogP contribution in [-0.2, 0) is 38.4 Å². The Bertz CT molecular complexity index is 2010. The number of nitrogens with zero attached hydrogens (tertiary/aromatic N) is 3. The summed E-state index contributed by atoms with van der Waals surface area (Å²) >= 11 is 0. The molecule has 0 saturated heterocycles. The minimum absolute atomic E-state index is 0.254. The number of nitrogens with one attached hydrogen (secondary N) is 2. The van der Waals surface area contributed by atoms with Gasteiger partial charge in [0.05, 0.1) is 37.0 Å². The van der Waals surface area contributed by atoms with Gasteiger partial charge in [-0.05, 0) is 130 Å². The molecule has 8 bridgehead atoms. The molecule has 2 N–H and O–H groups in total. The molecule has 3 aromatic rings. The van der Waals surface area contributed by atoms with Gasteiger partial charge in [-0.1, -0.05) is 13.8 Å². The minimum atomic E-state index is -0.255. The highest BCUT2D eigenvalue weighted by Gasteiger charge is 2.26. The zero-order valence-electron chi connectivity index (χ0n) is 30.2. The second-order valence-corrected chi connectivity index (χ2v) is 13.0. The Balaban J connectivity index is 1.98. The monoisotopic (exact) mass is 651 g/mol. The molecular weight excluding hydrogens is 602 g/mol. The third-order valence-electron chi connectivity index (χ3n) is 9.82. The van der Waals surface area contributed by atoms with Crippen LogP contribution in [0.25, 0.3) is 44.4 Å². The molecule has 5 heterocycles. The largest absolute Gasteiger partial charge is 0.469 e. The molecule has 0 aromatic carbocycles. The van der Waals surface area contributed by atoms with Gasteiger partial charge in [0.2, 0.25) is 0 Å². The quantitative estimate of drug-likeness (QED) is 0.214. The summed E-state index contributed by atoms with van der Waals surface area (Å²) in [6.07, 6.45) is 3.25. The summed E-state index contributed by atoms with van der Waals surface area (Å²) in [5.74, 6) is -0.509. The second-order valence-electron chi connectivity index (χ2n) is 13.0. The van der Waals surface area contributed by atoms with Gasteiger partial charge < -0.3 is 24.3 Å². The van der Waals surface area contributed by atoms with Crippen molar-refractivity contribution in [3.05, 3.63) is 68.8 Å². The summed E-state index contributed by atoms with van der Waals surface area (Å²) in [4.78, 5) is 44.8. The van der Waals surface area contributed by atoms with E-state index in [0.717, 1.165) is 91.1 Å². The number of fused-ring (bicyclic) bond motifs is 8. The number of aryl methyl sites for hydroxylation is 4. The van der Waals surface area contributed by atoms with Crippen molar-refractivity contribution in [2.45, 2.75) is 86.6 Å². The van der Waals surface area contributed by atoms with Crippen LogP contribution in [0.5, 0.6) is 0 Å². The van der Waals surface area contributed by atoms with Crippen LogP contribution in [0, 0.1) is 13.8 Å². The number of H-pyrrole nitrogens is 2. The first-order valence-electron chi connectivity index (χ1n) is 16.9. The number of esters is 2. The number of rotatable bonds is 10. The van der Waals surface area contributed by atoms with E-state index in [1.165, 1.54) is 30.9 Å². The summed E-state index contributed by atoms with van der Waals surface area (Å²) in [6, 6.07) is 6.39. The van der Waals surface area contributed by atoms with E-state index in [0.29, 0.717) is 19.4 Å². The van der Waals surface area contributed by atoms with Crippen LogP contribution in [0.4, 0.5) is 0 Å². The van der Waals surface area contributed by atoms with Gasteiger partial charge in [-0.3, -0.25) is 9.59 Å². The Hall–Kier alpha value is -4.50. The molecule has 0 atom stereocenters. The normalized spacial score (nSPS) is 13.1. The zero-order valence-corrected chi connectivity index (χ0v) is 30.2. The van der Waals surface area contributed by atoms with E-state index < -0.39 is 0 Å². The molecule has 0 fully saturated rings. The Kier molecular flexibility index (Phi) is 10.4.